The summed E-state index contributed by atoms with van der Waals surface area (Å²) in [7, 11) is 0. The van der Waals surface area contributed by atoms with Gasteiger partial charge in [-0.2, -0.15) is 9.61 Å². The number of fused-ring (bicyclic) bond motifs is 1. The topological polar surface area (TPSA) is 91.2 Å². The Hall–Kier alpha value is -3.79. The summed E-state index contributed by atoms with van der Waals surface area (Å²) >= 11 is 1.18. The van der Waals surface area contributed by atoms with Crippen molar-refractivity contribution in [3.8, 4) is 17.1 Å². The molecule has 0 aliphatic heterocycles. The van der Waals surface area contributed by atoms with Crippen molar-refractivity contribution in [3.63, 3.8) is 0 Å². The number of rotatable bonds is 6. The predicted molar refractivity (Wildman–Crippen MR) is 115 cm³/mol. The molecule has 32 heavy (non-hydrogen) atoms. The van der Waals surface area contributed by atoms with Crippen molar-refractivity contribution in [2.45, 2.75) is 30.7 Å². The Morgan fingerprint density at radius 1 is 1.00 bits per heavy atom. The van der Waals surface area contributed by atoms with Crippen molar-refractivity contribution in [2.75, 3.05) is 0 Å². The zero-order valence-corrected chi connectivity index (χ0v) is 18.0. The number of aromatic nitrogens is 6. The van der Waals surface area contributed by atoms with E-state index in [1.807, 2.05) is 32.0 Å². The summed E-state index contributed by atoms with van der Waals surface area (Å²) in [5.74, 6) is 1.05. The lowest BCUT2D eigenvalue weighted by Gasteiger charge is -2.07. The van der Waals surface area contributed by atoms with E-state index in [4.69, 9.17) is 9.15 Å². The van der Waals surface area contributed by atoms with E-state index in [1.54, 1.807) is 30.3 Å². The Kier molecular flexibility index (Phi) is 5.28. The molecular weight excluding hydrogens is 431 g/mol. The molecule has 5 rings (SSSR count). The molecule has 0 spiro atoms. The van der Waals surface area contributed by atoms with Crippen LogP contribution >= 0.6 is 11.8 Å². The molecule has 5 aromatic rings. The van der Waals surface area contributed by atoms with Crippen LogP contribution < -0.4 is 4.74 Å². The highest BCUT2D eigenvalue weighted by molar-refractivity contribution is 7.99. The Morgan fingerprint density at radius 2 is 1.88 bits per heavy atom. The number of nitrogens with zero attached hydrogens (tertiary/aromatic N) is 6. The highest BCUT2D eigenvalue weighted by Gasteiger charge is 2.15. The van der Waals surface area contributed by atoms with E-state index in [0.29, 0.717) is 33.2 Å². The van der Waals surface area contributed by atoms with Gasteiger partial charge in [0.2, 0.25) is 0 Å². The molecule has 160 valence electrons. The van der Waals surface area contributed by atoms with Crippen LogP contribution in [0.15, 0.2) is 69.3 Å². The summed E-state index contributed by atoms with van der Waals surface area (Å²) in [5.41, 5.74) is 2.96. The Balaban J connectivity index is 1.34. The van der Waals surface area contributed by atoms with E-state index in [1.165, 1.54) is 22.3 Å². The normalized spacial score (nSPS) is 11.2. The first kappa shape index (κ1) is 20.1. The van der Waals surface area contributed by atoms with Gasteiger partial charge in [0.15, 0.2) is 18.1 Å². The molecule has 3 aromatic heterocycles. The molecular formula is C22H17FN6O2S. The summed E-state index contributed by atoms with van der Waals surface area (Å²) in [5, 5.41) is 21.6. The minimum absolute atomic E-state index is 0.160. The SMILES string of the molecule is Cc1ccc(C)c(OCc2nnc(Sc3ccc4nnc(-c5ccccc5F)n4n3)o2)c1. The van der Waals surface area contributed by atoms with Crippen LogP contribution in [0.3, 0.4) is 0 Å². The van der Waals surface area contributed by atoms with Crippen LogP contribution in [-0.4, -0.2) is 30.0 Å². The van der Waals surface area contributed by atoms with Gasteiger partial charge in [-0.05, 0) is 67.1 Å². The summed E-state index contributed by atoms with van der Waals surface area (Å²) in [4.78, 5) is 0. The minimum Gasteiger partial charge on any atom is -0.484 e. The number of aryl methyl sites for hydroxylation is 2. The standard InChI is InChI=1S/C22H17FN6O2S/c1-13-7-8-14(2)17(11-13)30-12-19-25-27-22(31-19)32-20-10-9-18-24-26-21(29(18)28-20)15-5-3-4-6-16(15)23/h3-11H,12H2,1-2H3. The molecule has 2 aromatic carbocycles. The molecule has 8 nitrogen and oxygen atoms in total. The average molecular weight is 448 g/mol. The maximum Gasteiger partial charge on any atom is 0.283 e. The fourth-order valence-electron chi connectivity index (χ4n) is 3.07. The molecule has 0 aliphatic rings. The first-order chi connectivity index (χ1) is 15.6. The second-order valence-electron chi connectivity index (χ2n) is 7.07. The van der Waals surface area contributed by atoms with Crippen molar-refractivity contribution < 1.29 is 13.5 Å². The van der Waals surface area contributed by atoms with E-state index >= 15 is 0 Å². The molecule has 0 saturated heterocycles. The summed E-state index contributed by atoms with van der Waals surface area (Å²) in [6.07, 6.45) is 0. The second kappa shape index (κ2) is 8.39. The van der Waals surface area contributed by atoms with Crippen LogP contribution in [-0.2, 0) is 6.61 Å². The van der Waals surface area contributed by atoms with E-state index in [9.17, 15) is 4.39 Å². The van der Waals surface area contributed by atoms with E-state index < -0.39 is 5.82 Å². The molecule has 0 N–H and O–H groups in total. The van der Waals surface area contributed by atoms with Crippen molar-refractivity contribution in [3.05, 3.63) is 77.4 Å². The van der Waals surface area contributed by atoms with E-state index in [0.717, 1.165) is 16.9 Å². The van der Waals surface area contributed by atoms with E-state index in [-0.39, 0.29) is 6.61 Å². The fourth-order valence-corrected chi connectivity index (χ4v) is 3.72. The number of hydrogen-bond donors (Lipinski definition) is 0. The van der Waals surface area contributed by atoms with Gasteiger partial charge in [0, 0.05) is 0 Å². The third kappa shape index (κ3) is 4.04. The fraction of sp³-hybridized carbons (Fsp3) is 0.136. The molecule has 0 bridgehead atoms. The quantitative estimate of drug-likeness (QED) is 0.370. The van der Waals surface area contributed by atoms with Gasteiger partial charge in [-0.25, -0.2) is 4.39 Å². The monoisotopic (exact) mass is 448 g/mol. The van der Waals surface area contributed by atoms with Gasteiger partial charge in [-0.1, -0.05) is 24.3 Å². The van der Waals surface area contributed by atoms with Crippen LogP contribution in [0, 0.1) is 19.7 Å². The van der Waals surface area contributed by atoms with Crippen LogP contribution in [0.1, 0.15) is 17.0 Å². The van der Waals surface area contributed by atoms with Gasteiger partial charge in [0.05, 0.1) is 5.56 Å². The first-order valence-electron chi connectivity index (χ1n) is 9.74. The number of benzene rings is 2. The van der Waals surface area contributed by atoms with Crippen molar-refractivity contribution in [1.29, 1.82) is 0 Å². The summed E-state index contributed by atoms with van der Waals surface area (Å²) < 4.78 is 27.2. The Labute approximate surface area is 186 Å². The highest BCUT2D eigenvalue weighted by Crippen LogP contribution is 2.27. The first-order valence-corrected chi connectivity index (χ1v) is 10.6. The molecule has 0 atom stereocenters. The Morgan fingerprint density at radius 3 is 2.75 bits per heavy atom. The third-order valence-electron chi connectivity index (χ3n) is 4.69. The summed E-state index contributed by atoms with van der Waals surface area (Å²) in [6, 6.07) is 15.9. The minimum atomic E-state index is -0.396. The van der Waals surface area contributed by atoms with Crippen LogP contribution in [0.25, 0.3) is 17.0 Å². The number of halogens is 1. The van der Waals surface area contributed by atoms with Crippen LogP contribution in [0.4, 0.5) is 4.39 Å². The molecule has 10 heteroatoms. The lowest BCUT2D eigenvalue weighted by atomic mass is 10.1. The predicted octanol–water partition coefficient (Wildman–Crippen LogP) is 4.66. The zero-order chi connectivity index (χ0) is 22.1. The van der Waals surface area contributed by atoms with Crippen molar-refractivity contribution in [1.82, 2.24) is 30.0 Å². The summed E-state index contributed by atoms with van der Waals surface area (Å²) in [6.45, 7) is 4.14. The van der Waals surface area contributed by atoms with Gasteiger partial charge in [-0.15, -0.1) is 20.4 Å². The molecule has 0 aliphatic carbocycles. The van der Waals surface area contributed by atoms with Gasteiger partial charge >= 0.3 is 0 Å². The number of hydrogen-bond acceptors (Lipinski definition) is 8. The van der Waals surface area contributed by atoms with Crippen LogP contribution in [0.5, 0.6) is 5.75 Å². The molecule has 0 radical (unpaired) electrons. The van der Waals surface area contributed by atoms with Gasteiger partial charge in [-0.3, -0.25) is 0 Å². The zero-order valence-electron chi connectivity index (χ0n) is 17.2. The lowest BCUT2D eigenvalue weighted by molar-refractivity contribution is 0.250. The molecule has 0 fully saturated rings. The van der Waals surface area contributed by atoms with Gasteiger partial charge in [0.1, 0.15) is 16.6 Å². The molecule has 0 amide bonds. The van der Waals surface area contributed by atoms with E-state index in [2.05, 4.69) is 25.5 Å². The smallest absolute Gasteiger partial charge is 0.283 e. The number of ether oxygens (including phenoxy) is 1. The maximum absolute atomic E-state index is 14.2. The van der Waals surface area contributed by atoms with Crippen LogP contribution in [0.2, 0.25) is 0 Å². The molecule has 3 heterocycles. The Bertz CT molecular complexity index is 1420. The van der Waals surface area contributed by atoms with Crippen molar-refractivity contribution >= 4 is 17.4 Å². The van der Waals surface area contributed by atoms with Crippen molar-refractivity contribution in [2.24, 2.45) is 0 Å². The molecule has 0 saturated carbocycles. The van der Waals surface area contributed by atoms with Gasteiger partial charge < -0.3 is 9.15 Å². The molecule has 0 unspecified atom stereocenters. The second-order valence-corrected chi connectivity index (χ2v) is 8.04. The average Bonchev–Trinajstić information content (AvgIpc) is 3.41. The largest absolute Gasteiger partial charge is 0.484 e. The highest BCUT2D eigenvalue weighted by atomic mass is 32.2. The van der Waals surface area contributed by atoms with Gasteiger partial charge in [0.25, 0.3) is 11.1 Å². The third-order valence-corrected chi connectivity index (χ3v) is 5.45. The maximum atomic E-state index is 14.2. The lowest BCUT2D eigenvalue weighted by Crippen LogP contribution is -1.98.